The Balaban J connectivity index is 0.000000169. The van der Waals surface area contributed by atoms with Crippen LogP contribution in [-0.4, -0.2) is 0 Å². The number of fused-ring (bicyclic) bond motifs is 2. The molecule has 0 amide bonds. The molecule has 0 spiro atoms. The number of hydrogen-bond donors (Lipinski definition) is 0. The van der Waals surface area contributed by atoms with Crippen LogP contribution in [0, 0.1) is 34.5 Å². The van der Waals surface area contributed by atoms with E-state index in [1.165, 1.54) is 49.5 Å². The van der Waals surface area contributed by atoms with Crippen LogP contribution in [0.15, 0.2) is 103 Å². The molecule has 0 aliphatic rings. The Morgan fingerprint density at radius 2 is 1.03 bits per heavy atom. The largest absolute Gasteiger partial charge is 0.213 e. The Bertz CT molecular complexity index is 1940. The van der Waals surface area contributed by atoms with Crippen LogP contribution in [0.4, 0.5) is 0 Å². The van der Waals surface area contributed by atoms with Gasteiger partial charge in [-0.3, -0.25) is 0 Å². The predicted molar refractivity (Wildman–Crippen MR) is 165 cm³/mol. The van der Waals surface area contributed by atoms with Gasteiger partial charge in [0.15, 0.2) is 12.4 Å². The summed E-state index contributed by atoms with van der Waals surface area (Å²) < 4.78 is 26.9. The highest BCUT2D eigenvalue weighted by Crippen LogP contribution is 2.27. The second-order valence-corrected chi connectivity index (χ2v) is 10.6. The molecule has 2 nitrogen and oxygen atoms in total. The van der Waals surface area contributed by atoms with Gasteiger partial charge in [-0.25, -0.2) is 9.13 Å². The van der Waals surface area contributed by atoms with Crippen molar-refractivity contribution in [2.45, 2.75) is 34.5 Å². The number of rotatable bonds is 2. The highest BCUT2D eigenvalue weighted by molar-refractivity contribution is 5.85. The van der Waals surface area contributed by atoms with Gasteiger partial charge in [-0.2, -0.15) is 0 Å². The van der Waals surface area contributed by atoms with Crippen molar-refractivity contribution in [1.29, 1.82) is 0 Å². The maximum atomic E-state index is 7.52. The number of nitrogens with zero attached hydrogens (tertiary/aromatic N) is 2. The lowest BCUT2D eigenvalue weighted by atomic mass is 9.96. The quantitative estimate of drug-likeness (QED) is 0.206. The topological polar surface area (TPSA) is 7.76 Å². The van der Waals surface area contributed by atoms with Crippen molar-refractivity contribution in [1.82, 2.24) is 0 Å². The van der Waals surface area contributed by atoms with Crippen LogP contribution >= 0.6 is 0 Å². The highest BCUT2D eigenvalue weighted by atomic mass is 14.9. The maximum absolute atomic E-state index is 7.52. The molecule has 2 heterocycles. The van der Waals surface area contributed by atoms with Gasteiger partial charge in [0.25, 0.3) is 0 Å². The van der Waals surface area contributed by atoms with Crippen molar-refractivity contribution < 1.29 is 13.2 Å². The zero-order valence-electron chi connectivity index (χ0n) is 26.7. The zero-order chi connectivity index (χ0) is 30.2. The molecule has 6 rings (SSSR count). The summed E-state index contributed by atoms with van der Waals surface area (Å²) in [6.45, 7) is 6.46. The van der Waals surface area contributed by atoms with E-state index >= 15 is 0 Å². The molecule has 0 bridgehead atoms. The van der Waals surface area contributed by atoms with E-state index < -0.39 is 6.85 Å². The van der Waals surface area contributed by atoms with E-state index in [0.717, 1.165) is 16.8 Å². The minimum absolute atomic E-state index is 0.386. The number of hydrogen-bond acceptors (Lipinski definition) is 0. The van der Waals surface area contributed by atoms with E-state index in [1.807, 2.05) is 32.2 Å². The average Bonchev–Trinajstić information content (AvgIpc) is 2.94. The van der Waals surface area contributed by atoms with Crippen molar-refractivity contribution >= 4 is 21.5 Å². The molecule has 39 heavy (non-hydrogen) atoms. The second kappa shape index (κ2) is 10.8. The van der Waals surface area contributed by atoms with Crippen LogP contribution in [0.1, 0.15) is 31.9 Å². The Kier molecular flexibility index (Phi) is 6.29. The van der Waals surface area contributed by atoms with E-state index in [4.69, 9.17) is 4.11 Å². The van der Waals surface area contributed by atoms with Gasteiger partial charge in [0.05, 0.1) is 0 Å². The molecule has 0 unspecified atom stereocenters. The molecule has 6 aromatic rings. The Labute approximate surface area is 237 Å². The lowest BCUT2D eigenvalue weighted by Crippen LogP contribution is -2.30. The summed E-state index contributed by atoms with van der Waals surface area (Å²) in [7, 11) is 4.14. The molecule has 0 N–H and O–H groups in total. The van der Waals surface area contributed by atoms with Gasteiger partial charge in [-0.05, 0) is 86.3 Å². The number of benzene rings is 4. The molecule has 0 saturated carbocycles. The normalized spacial score (nSPS) is 12.4. The first-order valence-corrected chi connectivity index (χ1v) is 13.4. The fraction of sp³-hybridized carbons (Fsp3) is 0.189. The summed E-state index contributed by atoms with van der Waals surface area (Å²) >= 11 is 0. The lowest BCUT2D eigenvalue weighted by Gasteiger charge is -2.10. The molecule has 2 aromatic heterocycles. The van der Waals surface area contributed by atoms with Gasteiger partial charge in [0, 0.05) is 38.1 Å². The summed E-state index contributed by atoms with van der Waals surface area (Å²) in [5.41, 5.74) is 10.1. The molecule has 2 heteroatoms. The number of aromatic nitrogens is 2. The standard InChI is InChI=1S/C19H20N.C18H18N/c1-13-9-14(2)15(3)18(10-13)19-11-16-7-5-6-8-17(16)12-20(19)4;1-13-8-9-17(14(2)10-13)18-11-15-6-4-5-7-16(15)12-19(18)3/h5-12H,1-4H3;4-12H,1-3H3/q2*+1/i;1D3. The molecule has 194 valence electrons. The van der Waals surface area contributed by atoms with Gasteiger partial charge >= 0.3 is 0 Å². The van der Waals surface area contributed by atoms with Crippen LogP contribution in [0.3, 0.4) is 0 Å². The van der Waals surface area contributed by atoms with E-state index in [2.05, 4.69) is 110 Å². The van der Waals surface area contributed by atoms with Crippen LogP contribution in [0.5, 0.6) is 0 Å². The number of pyridine rings is 2. The molecule has 0 saturated heterocycles. The summed E-state index contributed by atoms with van der Waals surface area (Å²) in [4.78, 5) is 0. The monoisotopic (exact) mass is 513 g/mol. The molecule has 0 radical (unpaired) electrons. The van der Waals surface area contributed by atoms with E-state index in [-0.39, 0.29) is 0 Å². The fourth-order valence-electron chi connectivity index (χ4n) is 5.37. The highest BCUT2D eigenvalue weighted by Gasteiger charge is 2.16. The average molecular weight is 514 g/mol. The predicted octanol–water partition coefficient (Wildman–Crippen LogP) is 8.20. The van der Waals surface area contributed by atoms with Crippen LogP contribution in [-0.2, 0) is 14.1 Å². The molecular formula is C37H38N2+2. The Morgan fingerprint density at radius 1 is 0.513 bits per heavy atom. The minimum Gasteiger partial charge on any atom is -0.200 e. The lowest BCUT2D eigenvalue weighted by molar-refractivity contribution is -0.659. The van der Waals surface area contributed by atoms with E-state index in [1.54, 1.807) is 12.1 Å². The van der Waals surface area contributed by atoms with Crippen LogP contribution < -0.4 is 9.13 Å². The van der Waals surface area contributed by atoms with E-state index in [9.17, 15) is 0 Å². The van der Waals surface area contributed by atoms with Gasteiger partial charge in [0.1, 0.15) is 14.1 Å². The smallest absolute Gasteiger partial charge is 0.200 e. The van der Waals surface area contributed by atoms with Crippen LogP contribution in [0.25, 0.3) is 44.1 Å². The van der Waals surface area contributed by atoms with Crippen molar-refractivity contribution in [3.05, 3.63) is 131 Å². The summed E-state index contributed by atoms with van der Waals surface area (Å²) in [6.07, 6.45) is 4.31. The number of aryl methyl sites for hydroxylation is 6. The SMILES string of the molecule is Cc1cc(C)c(C)c(-c2cc3ccccc3c[n+]2C)c1.[2H]C([2H])([2H])c1ccc(-c2cc3ccccc3c[n+]2C)c(C)c1. The molecule has 0 fully saturated rings. The molecule has 4 aromatic carbocycles. The summed E-state index contributed by atoms with van der Waals surface area (Å²) in [5, 5.41) is 4.93. The van der Waals surface area contributed by atoms with Gasteiger partial charge in [0.2, 0.25) is 11.4 Å². The zero-order valence-corrected chi connectivity index (χ0v) is 23.7. The first kappa shape index (κ1) is 22.7. The first-order valence-electron chi connectivity index (χ1n) is 14.9. The molecule has 0 atom stereocenters. The Morgan fingerprint density at radius 3 is 1.56 bits per heavy atom. The summed E-state index contributed by atoms with van der Waals surface area (Å²) in [6, 6.07) is 31.1. The minimum atomic E-state index is -2.06. The molecule has 0 aliphatic carbocycles. The van der Waals surface area contributed by atoms with Crippen molar-refractivity contribution in [3.63, 3.8) is 0 Å². The fourth-order valence-corrected chi connectivity index (χ4v) is 5.37. The summed E-state index contributed by atoms with van der Waals surface area (Å²) in [5.74, 6) is 0. The van der Waals surface area contributed by atoms with E-state index in [0.29, 0.717) is 5.56 Å². The Hall–Kier alpha value is -4.30. The second-order valence-electron chi connectivity index (χ2n) is 10.6. The van der Waals surface area contributed by atoms with Crippen LogP contribution in [0.2, 0.25) is 0 Å². The van der Waals surface area contributed by atoms with Gasteiger partial charge in [-0.15, -0.1) is 0 Å². The molecular weight excluding hydrogens is 472 g/mol. The van der Waals surface area contributed by atoms with Crippen molar-refractivity contribution in [2.24, 2.45) is 14.1 Å². The van der Waals surface area contributed by atoms with Gasteiger partial charge in [-0.1, -0.05) is 65.7 Å². The maximum Gasteiger partial charge on any atom is 0.213 e. The third kappa shape index (κ3) is 5.47. The first-order chi connectivity index (χ1) is 19.9. The van der Waals surface area contributed by atoms with Crippen molar-refractivity contribution in [3.8, 4) is 22.5 Å². The van der Waals surface area contributed by atoms with Crippen molar-refractivity contribution in [2.75, 3.05) is 0 Å². The third-order valence-electron chi connectivity index (χ3n) is 7.59. The molecule has 0 aliphatic heterocycles. The third-order valence-corrected chi connectivity index (χ3v) is 7.59. The van der Waals surface area contributed by atoms with Gasteiger partial charge < -0.3 is 0 Å².